The molecule has 1 aliphatic rings. The Balaban J connectivity index is 1.66. The molecule has 1 aliphatic heterocycles. The van der Waals surface area contributed by atoms with Gasteiger partial charge >= 0.3 is 0 Å². The molecule has 2 heterocycles. The van der Waals surface area contributed by atoms with Crippen LogP contribution in [0.2, 0.25) is 0 Å². The molecule has 0 amide bonds. The number of methoxy groups -OCH3 is 1. The maximum Gasteiger partial charge on any atom is 0.185 e. The van der Waals surface area contributed by atoms with Gasteiger partial charge < -0.3 is 9.47 Å². The minimum Gasteiger partial charge on any atom is -0.494 e. The number of thioether (sulfide) groups is 1. The number of carbonyl (C=O) groups excluding carboxylic acids is 2. The minimum absolute atomic E-state index is 0.0628. The highest BCUT2D eigenvalue weighted by Crippen LogP contribution is 2.34. The second-order valence-electron chi connectivity index (χ2n) is 5.26. The molecule has 1 aromatic carbocycles. The number of nitrogens with zero attached hydrogens (tertiary/aromatic N) is 1. The standard InChI is InChI=1S/C18H17NO4S/c1-22-16-3-2-8-19-18(16)14(21)6-5-13(20)12-4-7-15-17(11-12)24-10-9-23-15/h2-4,7-8,11H,5-6,9-10H2,1H3. The number of aromatic nitrogens is 1. The van der Waals surface area contributed by atoms with Gasteiger partial charge in [-0.15, -0.1) is 11.8 Å². The fourth-order valence-electron chi connectivity index (χ4n) is 2.47. The van der Waals surface area contributed by atoms with Crippen molar-refractivity contribution in [2.75, 3.05) is 19.5 Å². The van der Waals surface area contributed by atoms with Gasteiger partial charge in [0.2, 0.25) is 0 Å². The summed E-state index contributed by atoms with van der Waals surface area (Å²) in [5.41, 5.74) is 0.870. The van der Waals surface area contributed by atoms with Gasteiger partial charge in [-0.25, -0.2) is 4.98 Å². The summed E-state index contributed by atoms with van der Waals surface area (Å²) in [5.74, 6) is 1.86. The van der Waals surface area contributed by atoms with Crippen LogP contribution in [0.5, 0.6) is 11.5 Å². The molecule has 0 saturated heterocycles. The van der Waals surface area contributed by atoms with Gasteiger partial charge in [0.1, 0.15) is 17.2 Å². The van der Waals surface area contributed by atoms with Gasteiger partial charge in [-0.05, 0) is 30.3 Å². The number of rotatable bonds is 6. The monoisotopic (exact) mass is 343 g/mol. The summed E-state index contributed by atoms with van der Waals surface area (Å²) in [6, 6.07) is 8.79. The van der Waals surface area contributed by atoms with Gasteiger partial charge in [-0.3, -0.25) is 9.59 Å². The van der Waals surface area contributed by atoms with Crippen molar-refractivity contribution in [1.82, 2.24) is 4.98 Å². The van der Waals surface area contributed by atoms with E-state index < -0.39 is 0 Å². The van der Waals surface area contributed by atoms with Crippen molar-refractivity contribution < 1.29 is 19.1 Å². The molecule has 2 aromatic rings. The molecule has 0 fully saturated rings. The number of ketones is 2. The first-order chi connectivity index (χ1) is 11.7. The summed E-state index contributed by atoms with van der Waals surface area (Å²) in [7, 11) is 1.49. The van der Waals surface area contributed by atoms with E-state index in [1.807, 2.05) is 12.1 Å². The first-order valence-electron chi connectivity index (χ1n) is 7.64. The van der Waals surface area contributed by atoms with Crippen molar-refractivity contribution in [1.29, 1.82) is 0 Å². The van der Waals surface area contributed by atoms with Crippen molar-refractivity contribution in [3.8, 4) is 11.5 Å². The van der Waals surface area contributed by atoms with Gasteiger partial charge in [-0.1, -0.05) is 0 Å². The van der Waals surface area contributed by atoms with Crippen molar-refractivity contribution in [2.24, 2.45) is 0 Å². The van der Waals surface area contributed by atoms with E-state index in [1.165, 1.54) is 13.3 Å². The Morgan fingerprint density at radius 3 is 2.92 bits per heavy atom. The Bertz CT molecular complexity index is 775. The first-order valence-corrected chi connectivity index (χ1v) is 8.62. The molecule has 3 rings (SSSR count). The van der Waals surface area contributed by atoms with Crippen LogP contribution >= 0.6 is 11.8 Å². The summed E-state index contributed by atoms with van der Waals surface area (Å²) in [6.07, 6.45) is 1.79. The highest BCUT2D eigenvalue weighted by atomic mass is 32.2. The van der Waals surface area contributed by atoms with Gasteiger partial charge in [0, 0.05) is 30.4 Å². The van der Waals surface area contributed by atoms with Crippen molar-refractivity contribution in [3.05, 3.63) is 47.8 Å². The van der Waals surface area contributed by atoms with E-state index in [-0.39, 0.29) is 30.1 Å². The van der Waals surface area contributed by atoms with Crippen LogP contribution in [0.15, 0.2) is 41.4 Å². The second-order valence-corrected chi connectivity index (χ2v) is 6.40. The van der Waals surface area contributed by atoms with Crippen LogP contribution in [0.4, 0.5) is 0 Å². The number of ether oxygens (including phenoxy) is 2. The van der Waals surface area contributed by atoms with Gasteiger partial charge in [0.15, 0.2) is 11.6 Å². The van der Waals surface area contributed by atoms with E-state index in [2.05, 4.69) is 4.98 Å². The second kappa shape index (κ2) is 7.49. The van der Waals surface area contributed by atoms with Crippen LogP contribution in [-0.4, -0.2) is 36.0 Å². The lowest BCUT2D eigenvalue weighted by molar-refractivity contribution is 0.0913. The molecule has 0 unspecified atom stereocenters. The van der Waals surface area contributed by atoms with Gasteiger partial charge in [0.25, 0.3) is 0 Å². The largest absolute Gasteiger partial charge is 0.494 e. The van der Waals surface area contributed by atoms with Crippen molar-refractivity contribution in [3.63, 3.8) is 0 Å². The summed E-state index contributed by atoms with van der Waals surface area (Å²) in [6.45, 7) is 0.686. The summed E-state index contributed by atoms with van der Waals surface area (Å²) in [5, 5.41) is 0. The third-order valence-corrected chi connectivity index (χ3v) is 4.70. The van der Waals surface area contributed by atoms with Gasteiger partial charge in [0.05, 0.1) is 18.6 Å². The van der Waals surface area contributed by atoms with E-state index in [0.29, 0.717) is 17.9 Å². The SMILES string of the molecule is COc1cccnc1C(=O)CCC(=O)c1ccc2c(c1)SCCO2. The number of hydrogen-bond donors (Lipinski definition) is 0. The van der Waals surface area contributed by atoms with E-state index in [9.17, 15) is 9.59 Å². The molecular formula is C18H17NO4S. The topological polar surface area (TPSA) is 65.5 Å². The number of fused-ring (bicyclic) bond motifs is 1. The van der Waals surface area contributed by atoms with E-state index in [1.54, 1.807) is 30.0 Å². The maximum absolute atomic E-state index is 12.4. The predicted octanol–water partition coefficient (Wildman–Crippen LogP) is 3.42. The molecule has 0 saturated carbocycles. The summed E-state index contributed by atoms with van der Waals surface area (Å²) >= 11 is 1.68. The van der Waals surface area contributed by atoms with Crippen LogP contribution in [0.3, 0.4) is 0 Å². The highest BCUT2D eigenvalue weighted by molar-refractivity contribution is 7.99. The Labute approximate surface area is 144 Å². The molecule has 1 aromatic heterocycles. The molecule has 0 aliphatic carbocycles. The molecule has 124 valence electrons. The van der Waals surface area contributed by atoms with Gasteiger partial charge in [-0.2, -0.15) is 0 Å². The first kappa shape index (κ1) is 16.5. The van der Waals surface area contributed by atoms with Crippen LogP contribution in [0.1, 0.15) is 33.7 Å². The van der Waals surface area contributed by atoms with Crippen LogP contribution < -0.4 is 9.47 Å². The van der Waals surface area contributed by atoms with Crippen LogP contribution in [0.25, 0.3) is 0 Å². The predicted molar refractivity (Wildman–Crippen MR) is 91.3 cm³/mol. The van der Waals surface area contributed by atoms with Crippen molar-refractivity contribution >= 4 is 23.3 Å². The molecule has 0 atom stereocenters. The molecule has 0 N–H and O–H groups in total. The Morgan fingerprint density at radius 2 is 2.08 bits per heavy atom. The van der Waals surface area contributed by atoms with E-state index in [0.717, 1.165) is 16.4 Å². The third-order valence-electron chi connectivity index (χ3n) is 3.70. The lowest BCUT2D eigenvalue weighted by atomic mass is 10.0. The highest BCUT2D eigenvalue weighted by Gasteiger charge is 2.18. The lowest BCUT2D eigenvalue weighted by Crippen LogP contribution is -2.10. The molecular weight excluding hydrogens is 326 g/mol. The number of pyridine rings is 1. The number of carbonyl (C=O) groups is 2. The Hall–Kier alpha value is -2.34. The summed E-state index contributed by atoms with van der Waals surface area (Å²) < 4.78 is 10.7. The van der Waals surface area contributed by atoms with Crippen molar-refractivity contribution in [2.45, 2.75) is 17.7 Å². The quantitative estimate of drug-likeness (QED) is 0.749. The zero-order chi connectivity index (χ0) is 16.9. The minimum atomic E-state index is -0.198. The zero-order valence-corrected chi connectivity index (χ0v) is 14.1. The lowest BCUT2D eigenvalue weighted by Gasteiger charge is -2.17. The number of hydrogen-bond acceptors (Lipinski definition) is 6. The average molecular weight is 343 g/mol. The third kappa shape index (κ3) is 3.59. The fraction of sp³-hybridized carbons (Fsp3) is 0.278. The van der Waals surface area contributed by atoms with Crippen LogP contribution in [0, 0.1) is 0 Å². The van der Waals surface area contributed by atoms with Crippen LogP contribution in [-0.2, 0) is 0 Å². The molecule has 0 bridgehead atoms. The molecule has 0 spiro atoms. The average Bonchev–Trinajstić information content (AvgIpc) is 2.65. The Kier molecular flexibility index (Phi) is 5.15. The summed E-state index contributed by atoms with van der Waals surface area (Å²) in [4.78, 5) is 29.7. The zero-order valence-electron chi connectivity index (χ0n) is 13.3. The molecule has 0 radical (unpaired) electrons. The number of benzene rings is 1. The molecule has 6 heteroatoms. The Morgan fingerprint density at radius 1 is 1.25 bits per heavy atom. The normalized spacial score (nSPS) is 12.9. The molecule has 5 nitrogen and oxygen atoms in total. The van der Waals surface area contributed by atoms with E-state index >= 15 is 0 Å². The smallest absolute Gasteiger partial charge is 0.185 e. The van der Waals surface area contributed by atoms with E-state index in [4.69, 9.17) is 9.47 Å². The molecule has 24 heavy (non-hydrogen) atoms. The maximum atomic E-state index is 12.4. The number of Topliss-reactive ketones (excluding diaryl/α,β-unsaturated/α-hetero) is 2. The fourth-order valence-corrected chi connectivity index (χ4v) is 3.34.